The van der Waals surface area contributed by atoms with Gasteiger partial charge in [-0.3, -0.25) is 0 Å². The third-order valence-electron chi connectivity index (χ3n) is 1.21. The van der Waals surface area contributed by atoms with Crippen LogP contribution >= 0.6 is 0 Å². The Balaban J connectivity index is 4.10. The second-order valence-corrected chi connectivity index (χ2v) is 2.44. The normalized spacial score (nSPS) is 13.1. The maximum Gasteiger partial charge on any atom is 0.473 e. The third-order valence-corrected chi connectivity index (χ3v) is 1.21. The summed E-state index contributed by atoms with van der Waals surface area (Å²) >= 11 is 0. The van der Waals surface area contributed by atoms with Crippen LogP contribution < -0.4 is 0 Å². The van der Waals surface area contributed by atoms with Crippen LogP contribution in [-0.4, -0.2) is 37.0 Å². The Morgan fingerprint density at radius 1 is 1.18 bits per heavy atom. The van der Waals surface area contributed by atoms with Gasteiger partial charge in [-0.25, -0.2) is 5.01 Å². The van der Waals surface area contributed by atoms with Crippen molar-refractivity contribution in [3.63, 3.8) is 0 Å². The number of halogens is 3. The summed E-state index contributed by atoms with van der Waals surface area (Å²) in [5.74, 6) is 0. The molecule has 0 N–H and O–H groups in total. The largest absolute Gasteiger partial charge is 0.473 e. The van der Waals surface area contributed by atoms with Crippen LogP contribution in [0.25, 0.3) is 0 Å². The van der Waals surface area contributed by atoms with E-state index in [4.69, 9.17) is 0 Å². The van der Waals surface area contributed by atoms with Crippen molar-refractivity contribution in [1.82, 2.24) is 10.0 Å². The van der Waals surface area contributed by atoms with Crippen molar-refractivity contribution in [3.8, 4) is 0 Å². The smallest absolute Gasteiger partial charge is 0.241 e. The minimum atomic E-state index is -4.25. The predicted octanol–water partition coefficient (Wildman–Crippen LogP) is 1.69. The molecule has 0 aromatic heterocycles. The average molecular weight is 170 g/mol. The van der Waals surface area contributed by atoms with E-state index in [2.05, 4.69) is 0 Å². The molecule has 0 unspecified atom stereocenters. The van der Waals surface area contributed by atoms with Crippen LogP contribution in [0.3, 0.4) is 0 Å². The Labute approximate surface area is 64.6 Å². The second kappa shape index (κ2) is 3.92. The zero-order chi connectivity index (χ0) is 9.07. The number of hydrazine groups is 1. The molecule has 0 heterocycles. The van der Waals surface area contributed by atoms with Crippen LogP contribution in [0.5, 0.6) is 0 Å². The van der Waals surface area contributed by atoms with Crippen molar-refractivity contribution in [2.45, 2.75) is 19.6 Å². The molecule has 68 valence electrons. The van der Waals surface area contributed by atoms with Gasteiger partial charge in [0.25, 0.3) is 0 Å². The molecule has 2 nitrogen and oxygen atoms in total. The Morgan fingerprint density at radius 2 is 1.64 bits per heavy atom. The summed E-state index contributed by atoms with van der Waals surface area (Å²) in [7, 11) is 2.76. The summed E-state index contributed by atoms with van der Waals surface area (Å²) in [6.07, 6.45) is -3.77. The molecule has 0 aliphatic carbocycles. The Kier molecular flexibility index (Phi) is 3.82. The number of nitrogens with zero attached hydrogens (tertiary/aromatic N) is 2. The molecule has 0 saturated carbocycles. The third kappa shape index (κ3) is 3.57. The molecule has 0 atom stereocenters. The molecule has 0 saturated heterocycles. The molecule has 0 spiro atoms. The fourth-order valence-corrected chi connectivity index (χ4v) is 0.765. The number of hydrogen-bond donors (Lipinski definition) is 0. The first-order valence-electron chi connectivity index (χ1n) is 3.41. The minimum Gasteiger partial charge on any atom is -0.241 e. The minimum absolute atomic E-state index is 0.0104. The first-order valence-corrected chi connectivity index (χ1v) is 3.41. The summed E-state index contributed by atoms with van der Waals surface area (Å²) in [4.78, 5) is 0. The van der Waals surface area contributed by atoms with Crippen LogP contribution in [0.15, 0.2) is 0 Å². The number of alkyl halides is 3. The molecule has 11 heavy (non-hydrogen) atoms. The van der Waals surface area contributed by atoms with Crippen molar-refractivity contribution in [1.29, 1.82) is 0 Å². The van der Waals surface area contributed by atoms with Gasteiger partial charge in [-0.2, -0.15) is 13.2 Å². The van der Waals surface area contributed by atoms with E-state index in [0.29, 0.717) is 11.4 Å². The molecule has 0 aliphatic heterocycles. The first kappa shape index (κ1) is 10.7. The quantitative estimate of drug-likeness (QED) is 0.470. The molecule has 0 radical (unpaired) electrons. The Hall–Kier alpha value is -0.290. The van der Waals surface area contributed by atoms with Gasteiger partial charge in [-0.15, -0.1) is 5.01 Å². The van der Waals surface area contributed by atoms with Crippen molar-refractivity contribution < 1.29 is 13.2 Å². The number of rotatable bonds is 3. The summed E-state index contributed by atoms with van der Waals surface area (Å²) < 4.78 is 36.1. The highest BCUT2D eigenvalue weighted by Crippen LogP contribution is 2.21. The Bertz CT molecular complexity index is 111. The summed E-state index contributed by atoms with van der Waals surface area (Å²) in [6.45, 7) is 1.72. The zero-order valence-electron chi connectivity index (χ0n) is 6.94. The molecular weight excluding hydrogens is 157 g/mol. The SMILES string of the molecule is CCCN(N(C)C)C(F)(F)F. The van der Waals surface area contributed by atoms with E-state index >= 15 is 0 Å². The second-order valence-electron chi connectivity index (χ2n) is 2.44. The Morgan fingerprint density at radius 3 is 1.73 bits per heavy atom. The molecule has 0 fully saturated rings. The predicted molar refractivity (Wildman–Crippen MR) is 36.7 cm³/mol. The summed E-state index contributed by atoms with van der Waals surface area (Å²) in [5.41, 5.74) is 0. The lowest BCUT2D eigenvalue weighted by atomic mass is 10.5. The van der Waals surface area contributed by atoms with Crippen LogP contribution in [0.4, 0.5) is 13.2 Å². The molecule has 0 amide bonds. The molecule has 0 aliphatic rings. The van der Waals surface area contributed by atoms with Gasteiger partial charge in [0.15, 0.2) is 0 Å². The number of hydrogen-bond acceptors (Lipinski definition) is 2. The van der Waals surface area contributed by atoms with Gasteiger partial charge in [0.05, 0.1) is 0 Å². The lowest BCUT2D eigenvalue weighted by Gasteiger charge is -2.29. The standard InChI is InChI=1S/C6H13F3N2/c1-4-5-11(10(2)3)6(7,8)9/h4-5H2,1-3H3. The van der Waals surface area contributed by atoms with E-state index < -0.39 is 6.30 Å². The van der Waals surface area contributed by atoms with E-state index in [1.165, 1.54) is 14.1 Å². The molecule has 0 aromatic rings. The average Bonchev–Trinajstić information content (AvgIpc) is 1.79. The zero-order valence-corrected chi connectivity index (χ0v) is 6.94. The maximum absolute atomic E-state index is 12.0. The highest BCUT2D eigenvalue weighted by molar-refractivity contribution is 4.52. The fraction of sp³-hybridized carbons (Fsp3) is 1.00. The molecular formula is C6H13F3N2. The highest BCUT2D eigenvalue weighted by Gasteiger charge is 2.37. The van der Waals surface area contributed by atoms with Gasteiger partial charge in [-0.1, -0.05) is 6.92 Å². The molecule has 5 heteroatoms. The van der Waals surface area contributed by atoms with Gasteiger partial charge in [0, 0.05) is 20.6 Å². The summed E-state index contributed by atoms with van der Waals surface area (Å²) in [5, 5.41) is 1.41. The topological polar surface area (TPSA) is 6.48 Å². The molecule has 0 rings (SSSR count). The van der Waals surface area contributed by atoms with Crippen LogP contribution in [0.1, 0.15) is 13.3 Å². The van der Waals surface area contributed by atoms with Crippen LogP contribution in [0, 0.1) is 0 Å². The highest BCUT2D eigenvalue weighted by atomic mass is 19.4. The lowest BCUT2D eigenvalue weighted by molar-refractivity contribution is -0.303. The van der Waals surface area contributed by atoms with Gasteiger partial charge in [0.1, 0.15) is 0 Å². The molecule has 0 aromatic carbocycles. The van der Waals surface area contributed by atoms with E-state index in [9.17, 15) is 13.2 Å². The van der Waals surface area contributed by atoms with E-state index in [0.717, 1.165) is 5.01 Å². The van der Waals surface area contributed by atoms with E-state index in [1.54, 1.807) is 6.92 Å². The summed E-state index contributed by atoms with van der Waals surface area (Å²) in [6, 6.07) is 0. The first-order chi connectivity index (χ1) is 4.89. The van der Waals surface area contributed by atoms with Crippen molar-refractivity contribution in [2.24, 2.45) is 0 Å². The maximum atomic E-state index is 12.0. The fourth-order valence-electron chi connectivity index (χ4n) is 0.765. The molecule has 0 bridgehead atoms. The van der Waals surface area contributed by atoms with Crippen LogP contribution in [0.2, 0.25) is 0 Å². The van der Waals surface area contributed by atoms with Crippen molar-refractivity contribution >= 4 is 0 Å². The van der Waals surface area contributed by atoms with Crippen LogP contribution in [-0.2, 0) is 0 Å². The van der Waals surface area contributed by atoms with Gasteiger partial charge >= 0.3 is 6.30 Å². The van der Waals surface area contributed by atoms with Crippen molar-refractivity contribution in [2.75, 3.05) is 20.6 Å². The van der Waals surface area contributed by atoms with E-state index in [1.807, 2.05) is 0 Å². The van der Waals surface area contributed by atoms with Crippen molar-refractivity contribution in [3.05, 3.63) is 0 Å². The monoisotopic (exact) mass is 170 g/mol. The van der Waals surface area contributed by atoms with Gasteiger partial charge < -0.3 is 0 Å². The van der Waals surface area contributed by atoms with Gasteiger partial charge in [0.2, 0.25) is 0 Å². The van der Waals surface area contributed by atoms with E-state index in [-0.39, 0.29) is 6.54 Å². The lowest BCUT2D eigenvalue weighted by Crippen LogP contribution is -2.47. The van der Waals surface area contributed by atoms with Gasteiger partial charge in [-0.05, 0) is 6.42 Å².